The van der Waals surface area contributed by atoms with Crippen molar-refractivity contribution in [1.82, 2.24) is 5.32 Å². The topological polar surface area (TPSA) is 66.4 Å². The standard InChI is InChI=1S/C11H25NO3S/c1-4-7-12-11(6-8-13)9-16(14,15)10(3)5-2/h10-13H,4-9H2,1-3H3. The first-order valence-electron chi connectivity index (χ1n) is 6.03. The van der Waals surface area contributed by atoms with Gasteiger partial charge in [-0.25, -0.2) is 8.42 Å². The van der Waals surface area contributed by atoms with Crippen LogP contribution >= 0.6 is 0 Å². The van der Waals surface area contributed by atoms with Gasteiger partial charge in [-0.05, 0) is 32.7 Å². The van der Waals surface area contributed by atoms with Crippen molar-refractivity contribution in [3.05, 3.63) is 0 Å². The SMILES string of the molecule is CCCNC(CCO)CS(=O)(=O)C(C)CC. The molecule has 2 unspecified atom stereocenters. The fourth-order valence-electron chi connectivity index (χ4n) is 1.45. The molecular formula is C11H25NO3S. The monoisotopic (exact) mass is 251 g/mol. The van der Waals surface area contributed by atoms with Gasteiger partial charge < -0.3 is 10.4 Å². The second kappa shape index (κ2) is 8.03. The average Bonchev–Trinajstić information content (AvgIpc) is 2.24. The summed E-state index contributed by atoms with van der Waals surface area (Å²) in [4.78, 5) is 0. The number of rotatable bonds is 9. The Kier molecular flexibility index (Phi) is 7.97. The minimum atomic E-state index is -3.04. The molecule has 0 bridgehead atoms. The Morgan fingerprint density at radius 3 is 2.38 bits per heavy atom. The lowest BCUT2D eigenvalue weighted by Crippen LogP contribution is -2.39. The van der Waals surface area contributed by atoms with Gasteiger partial charge in [0.1, 0.15) is 0 Å². The molecule has 0 saturated carbocycles. The van der Waals surface area contributed by atoms with Crippen molar-refractivity contribution < 1.29 is 13.5 Å². The summed E-state index contributed by atoms with van der Waals surface area (Å²) in [6.45, 7) is 6.47. The molecule has 0 radical (unpaired) electrons. The van der Waals surface area contributed by atoms with Crippen LogP contribution in [-0.2, 0) is 9.84 Å². The maximum Gasteiger partial charge on any atom is 0.154 e. The van der Waals surface area contributed by atoms with Gasteiger partial charge in [0.15, 0.2) is 9.84 Å². The molecule has 2 N–H and O–H groups in total. The van der Waals surface area contributed by atoms with E-state index in [0.717, 1.165) is 13.0 Å². The van der Waals surface area contributed by atoms with Gasteiger partial charge in [0, 0.05) is 12.6 Å². The van der Waals surface area contributed by atoms with E-state index < -0.39 is 9.84 Å². The zero-order valence-electron chi connectivity index (χ0n) is 10.6. The van der Waals surface area contributed by atoms with Crippen molar-refractivity contribution in [3.63, 3.8) is 0 Å². The summed E-state index contributed by atoms with van der Waals surface area (Å²) in [5.41, 5.74) is 0. The van der Waals surface area contributed by atoms with Crippen LogP contribution in [0.25, 0.3) is 0 Å². The minimum absolute atomic E-state index is 0.0252. The molecule has 98 valence electrons. The van der Waals surface area contributed by atoms with Crippen LogP contribution in [0.3, 0.4) is 0 Å². The van der Waals surface area contributed by atoms with Gasteiger partial charge in [-0.15, -0.1) is 0 Å². The van der Waals surface area contributed by atoms with Gasteiger partial charge in [-0.3, -0.25) is 0 Å². The zero-order chi connectivity index (χ0) is 12.6. The van der Waals surface area contributed by atoms with Crippen LogP contribution < -0.4 is 5.32 Å². The van der Waals surface area contributed by atoms with Gasteiger partial charge in [0.25, 0.3) is 0 Å². The second-order valence-corrected chi connectivity index (χ2v) is 6.68. The van der Waals surface area contributed by atoms with Crippen LogP contribution in [0.2, 0.25) is 0 Å². The Morgan fingerprint density at radius 2 is 1.94 bits per heavy atom. The molecule has 5 heteroatoms. The van der Waals surface area contributed by atoms with E-state index in [2.05, 4.69) is 5.32 Å². The molecule has 0 aromatic carbocycles. The highest BCUT2D eigenvalue weighted by atomic mass is 32.2. The van der Waals surface area contributed by atoms with Crippen LogP contribution in [0.5, 0.6) is 0 Å². The van der Waals surface area contributed by atoms with Gasteiger partial charge in [0.05, 0.1) is 11.0 Å². The Hall–Kier alpha value is -0.130. The van der Waals surface area contributed by atoms with Crippen molar-refractivity contribution >= 4 is 9.84 Å². The van der Waals surface area contributed by atoms with E-state index in [0.29, 0.717) is 12.8 Å². The van der Waals surface area contributed by atoms with E-state index in [1.165, 1.54) is 0 Å². The predicted octanol–water partition coefficient (Wildman–Crippen LogP) is 0.950. The third kappa shape index (κ3) is 5.82. The Morgan fingerprint density at radius 1 is 1.31 bits per heavy atom. The van der Waals surface area contributed by atoms with Crippen LogP contribution in [0.4, 0.5) is 0 Å². The van der Waals surface area contributed by atoms with Gasteiger partial charge in [-0.1, -0.05) is 13.8 Å². The fraction of sp³-hybridized carbons (Fsp3) is 1.00. The van der Waals surface area contributed by atoms with Crippen molar-refractivity contribution in [3.8, 4) is 0 Å². The molecule has 0 aliphatic carbocycles. The molecule has 2 atom stereocenters. The van der Waals surface area contributed by atoms with E-state index in [1.807, 2.05) is 13.8 Å². The number of hydrogen-bond donors (Lipinski definition) is 2. The van der Waals surface area contributed by atoms with E-state index >= 15 is 0 Å². The number of aliphatic hydroxyl groups excluding tert-OH is 1. The predicted molar refractivity (Wildman–Crippen MR) is 67.3 cm³/mol. The minimum Gasteiger partial charge on any atom is -0.396 e. The average molecular weight is 251 g/mol. The van der Waals surface area contributed by atoms with E-state index in [-0.39, 0.29) is 23.7 Å². The lowest BCUT2D eigenvalue weighted by molar-refractivity contribution is 0.269. The van der Waals surface area contributed by atoms with Crippen molar-refractivity contribution in [1.29, 1.82) is 0 Å². The second-order valence-electron chi connectivity index (χ2n) is 4.21. The van der Waals surface area contributed by atoms with E-state index in [9.17, 15) is 8.42 Å². The molecule has 0 rings (SSSR count). The third-order valence-electron chi connectivity index (χ3n) is 2.78. The third-order valence-corrected chi connectivity index (χ3v) is 5.21. The molecule has 0 spiro atoms. The molecule has 16 heavy (non-hydrogen) atoms. The summed E-state index contributed by atoms with van der Waals surface area (Å²) in [6.07, 6.45) is 2.10. The Labute approximate surface area is 99.4 Å². The molecule has 0 saturated heterocycles. The number of aliphatic hydroxyl groups is 1. The van der Waals surface area contributed by atoms with Gasteiger partial charge in [0.2, 0.25) is 0 Å². The summed E-state index contributed by atoms with van der Waals surface area (Å²) < 4.78 is 23.8. The first-order chi connectivity index (χ1) is 7.47. The summed E-state index contributed by atoms with van der Waals surface area (Å²) >= 11 is 0. The highest BCUT2D eigenvalue weighted by Gasteiger charge is 2.23. The lowest BCUT2D eigenvalue weighted by Gasteiger charge is -2.19. The zero-order valence-corrected chi connectivity index (χ0v) is 11.4. The van der Waals surface area contributed by atoms with E-state index in [1.54, 1.807) is 6.92 Å². The maximum absolute atomic E-state index is 11.9. The molecule has 0 fully saturated rings. The largest absolute Gasteiger partial charge is 0.396 e. The van der Waals surface area contributed by atoms with Crippen molar-refractivity contribution in [2.75, 3.05) is 18.9 Å². The quantitative estimate of drug-likeness (QED) is 0.640. The van der Waals surface area contributed by atoms with Gasteiger partial charge in [-0.2, -0.15) is 0 Å². The van der Waals surface area contributed by atoms with Crippen molar-refractivity contribution in [2.24, 2.45) is 0 Å². The van der Waals surface area contributed by atoms with Crippen LogP contribution in [0.15, 0.2) is 0 Å². The van der Waals surface area contributed by atoms with Gasteiger partial charge >= 0.3 is 0 Å². The summed E-state index contributed by atoms with van der Waals surface area (Å²) in [5, 5.41) is 11.8. The summed E-state index contributed by atoms with van der Waals surface area (Å²) in [7, 11) is -3.04. The Bertz CT molecular complexity index is 264. The molecule has 0 heterocycles. The number of hydrogen-bond acceptors (Lipinski definition) is 4. The highest BCUT2D eigenvalue weighted by molar-refractivity contribution is 7.92. The first kappa shape index (κ1) is 15.9. The fourth-order valence-corrected chi connectivity index (χ4v) is 3.13. The molecule has 0 aliphatic heterocycles. The molecule has 0 aliphatic rings. The van der Waals surface area contributed by atoms with Crippen LogP contribution in [0.1, 0.15) is 40.0 Å². The van der Waals surface area contributed by atoms with Crippen LogP contribution in [-0.4, -0.2) is 43.7 Å². The smallest absolute Gasteiger partial charge is 0.154 e. The van der Waals surface area contributed by atoms with Crippen molar-refractivity contribution in [2.45, 2.75) is 51.3 Å². The molecule has 0 aromatic rings. The highest BCUT2D eigenvalue weighted by Crippen LogP contribution is 2.09. The van der Waals surface area contributed by atoms with Crippen LogP contribution in [0, 0.1) is 0 Å². The van der Waals surface area contributed by atoms with E-state index in [4.69, 9.17) is 5.11 Å². The maximum atomic E-state index is 11.9. The molecule has 0 amide bonds. The Balaban J connectivity index is 4.36. The lowest BCUT2D eigenvalue weighted by atomic mass is 10.2. The summed E-state index contributed by atoms with van der Waals surface area (Å²) in [5.74, 6) is 0.128. The molecular weight excluding hydrogens is 226 g/mol. The summed E-state index contributed by atoms with van der Waals surface area (Å²) in [6, 6.07) is -0.121. The number of nitrogens with one attached hydrogen (secondary N) is 1. The normalized spacial score (nSPS) is 16.0. The number of sulfone groups is 1. The molecule has 4 nitrogen and oxygen atoms in total. The first-order valence-corrected chi connectivity index (χ1v) is 7.75. The molecule has 0 aromatic heterocycles.